The number of carbonyl (C=O) groups is 3. The molecule has 0 aliphatic carbocycles. The van der Waals surface area contributed by atoms with Gasteiger partial charge >= 0.3 is 0 Å². The van der Waals surface area contributed by atoms with Crippen LogP contribution in [0, 0.1) is 31.6 Å². The minimum atomic E-state index is -1.15. The molecule has 3 amide bonds. The van der Waals surface area contributed by atoms with Crippen LogP contribution in [0.4, 0.5) is 5.69 Å². The number of nitrogens with zero attached hydrogens (tertiary/aromatic N) is 1. The Hall–Kier alpha value is -3.23. The van der Waals surface area contributed by atoms with E-state index in [1.54, 1.807) is 4.90 Å². The van der Waals surface area contributed by atoms with E-state index in [2.05, 4.69) is 10.6 Å². The fourth-order valence-corrected chi connectivity index (χ4v) is 7.67. The van der Waals surface area contributed by atoms with Crippen LogP contribution in [0.15, 0.2) is 48.5 Å². The van der Waals surface area contributed by atoms with Crippen molar-refractivity contribution >= 4 is 23.4 Å². The molecular weight excluding hydrogens is 518 g/mol. The van der Waals surface area contributed by atoms with E-state index in [-0.39, 0.29) is 30.2 Å². The molecule has 8 heteroatoms. The molecular formula is C33H43N3O5. The van der Waals surface area contributed by atoms with E-state index >= 15 is 0 Å². The number of carbonyl (C=O) groups excluding carboxylic acids is 3. The van der Waals surface area contributed by atoms with Crippen LogP contribution in [0.3, 0.4) is 0 Å². The van der Waals surface area contributed by atoms with E-state index in [0.29, 0.717) is 37.9 Å². The van der Waals surface area contributed by atoms with Gasteiger partial charge in [-0.25, -0.2) is 0 Å². The van der Waals surface area contributed by atoms with Gasteiger partial charge in [-0.1, -0.05) is 69.3 Å². The lowest BCUT2D eigenvalue weighted by Crippen LogP contribution is -2.56. The Labute approximate surface area is 242 Å². The zero-order valence-electron chi connectivity index (χ0n) is 24.8. The van der Waals surface area contributed by atoms with E-state index < -0.39 is 35.1 Å². The molecule has 0 aromatic heterocycles. The van der Waals surface area contributed by atoms with Gasteiger partial charge in [-0.05, 0) is 62.1 Å². The number of para-hydroxylation sites is 1. The van der Waals surface area contributed by atoms with E-state index in [0.717, 1.165) is 16.7 Å². The van der Waals surface area contributed by atoms with E-state index in [1.165, 1.54) is 0 Å². The van der Waals surface area contributed by atoms with Crippen molar-refractivity contribution in [1.29, 1.82) is 0 Å². The van der Waals surface area contributed by atoms with Gasteiger partial charge in [-0.15, -0.1) is 0 Å². The predicted octanol–water partition coefficient (Wildman–Crippen LogP) is 4.12. The standard InChI is InChI=1S/C33H43N3O5/c1-6-32-15-16-33(41-32)26(25(32)29(38)34-18-23-13-8-7-9-14-23)31(40)36(24(19-37)17-20(2)3)28(33)30(39)35-27-21(4)11-10-12-22(27)5/h7-14,20,24-26,28,37H,6,15-19H2,1-5H3,(H,34,38)(H,35,39)/t24-,25-,26+,28?,32+,33?/m1/s1. The van der Waals surface area contributed by atoms with Gasteiger partial charge in [-0.2, -0.15) is 0 Å². The summed E-state index contributed by atoms with van der Waals surface area (Å²) >= 11 is 0. The van der Waals surface area contributed by atoms with E-state index in [1.807, 2.05) is 83.1 Å². The molecule has 2 unspecified atom stereocenters. The second-order valence-corrected chi connectivity index (χ2v) is 12.5. The average Bonchev–Trinajstić information content (AvgIpc) is 3.56. The fraction of sp³-hybridized carbons (Fsp3) is 0.545. The minimum absolute atomic E-state index is 0.185. The first-order valence-corrected chi connectivity index (χ1v) is 14.9. The van der Waals surface area contributed by atoms with Crippen LogP contribution in [-0.4, -0.2) is 57.6 Å². The maximum atomic E-state index is 14.5. The molecule has 2 aromatic carbocycles. The van der Waals surface area contributed by atoms with Crippen LogP contribution in [0.25, 0.3) is 0 Å². The van der Waals surface area contributed by atoms with Crippen molar-refractivity contribution in [2.24, 2.45) is 17.8 Å². The zero-order valence-corrected chi connectivity index (χ0v) is 24.8. The Balaban J connectivity index is 1.54. The first kappa shape index (κ1) is 29.3. The van der Waals surface area contributed by atoms with Gasteiger partial charge < -0.3 is 25.4 Å². The Morgan fingerprint density at radius 2 is 1.73 bits per heavy atom. The van der Waals surface area contributed by atoms with Gasteiger partial charge in [-0.3, -0.25) is 14.4 Å². The number of aryl methyl sites for hydroxylation is 2. The number of anilines is 1. The van der Waals surface area contributed by atoms with Crippen molar-refractivity contribution in [3.63, 3.8) is 0 Å². The maximum absolute atomic E-state index is 14.5. The second-order valence-electron chi connectivity index (χ2n) is 12.5. The van der Waals surface area contributed by atoms with Crippen LogP contribution in [0.5, 0.6) is 0 Å². The van der Waals surface area contributed by atoms with Crippen LogP contribution in [0.1, 0.15) is 63.1 Å². The molecule has 3 saturated heterocycles. The molecule has 3 heterocycles. The molecule has 0 radical (unpaired) electrons. The quantitative estimate of drug-likeness (QED) is 0.405. The van der Waals surface area contributed by atoms with Gasteiger partial charge in [0.2, 0.25) is 17.7 Å². The van der Waals surface area contributed by atoms with Crippen molar-refractivity contribution in [2.45, 2.75) is 90.1 Å². The number of fused-ring (bicyclic) bond motifs is 1. The molecule has 2 aromatic rings. The molecule has 0 saturated carbocycles. The maximum Gasteiger partial charge on any atom is 0.250 e. The summed E-state index contributed by atoms with van der Waals surface area (Å²) in [6.07, 6.45) is 2.18. The number of nitrogens with one attached hydrogen (secondary N) is 2. The smallest absolute Gasteiger partial charge is 0.250 e. The van der Waals surface area contributed by atoms with Crippen molar-refractivity contribution in [3.05, 3.63) is 65.2 Å². The van der Waals surface area contributed by atoms with Crippen LogP contribution in [0.2, 0.25) is 0 Å². The number of benzene rings is 2. The Morgan fingerprint density at radius 3 is 2.34 bits per heavy atom. The van der Waals surface area contributed by atoms with E-state index in [9.17, 15) is 19.5 Å². The molecule has 220 valence electrons. The Bertz CT molecular complexity index is 1290. The molecule has 5 rings (SSSR count). The van der Waals surface area contributed by atoms with Crippen LogP contribution in [-0.2, 0) is 25.7 Å². The summed E-state index contributed by atoms with van der Waals surface area (Å²) in [4.78, 5) is 44.3. The summed E-state index contributed by atoms with van der Waals surface area (Å²) < 4.78 is 6.87. The second kappa shape index (κ2) is 11.2. The van der Waals surface area contributed by atoms with Gasteiger partial charge in [0, 0.05) is 12.2 Å². The normalized spacial score (nSPS) is 29.1. The summed E-state index contributed by atoms with van der Waals surface area (Å²) in [5, 5.41) is 16.7. The largest absolute Gasteiger partial charge is 0.394 e. The average molecular weight is 562 g/mol. The highest BCUT2D eigenvalue weighted by molar-refractivity contribution is 6.04. The highest BCUT2D eigenvalue weighted by atomic mass is 16.5. The third-order valence-corrected chi connectivity index (χ3v) is 9.54. The summed E-state index contributed by atoms with van der Waals surface area (Å²) in [5.74, 6) is -2.18. The third-order valence-electron chi connectivity index (χ3n) is 9.54. The Morgan fingerprint density at radius 1 is 1.05 bits per heavy atom. The molecule has 3 aliphatic rings. The minimum Gasteiger partial charge on any atom is -0.394 e. The molecule has 3 N–H and O–H groups in total. The SMILES string of the molecule is CC[C@@]12CCC3(O1)C(C(=O)Nc1c(C)cccc1C)N([C@@H](CO)CC(C)C)C(=O)[C@@H]3[C@@H]2C(=O)NCc1ccccc1. The first-order valence-electron chi connectivity index (χ1n) is 14.9. The number of aliphatic hydroxyl groups is 1. The number of aliphatic hydroxyl groups excluding tert-OH is 1. The number of likely N-dealkylation sites (tertiary alicyclic amines) is 1. The van der Waals surface area contributed by atoms with Crippen LogP contribution < -0.4 is 10.6 Å². The molecule has 2 bridgehead atoms. The Kier molecular flexibility index (Phi) is 8.01. The molecule has 3 fully saturated rings. The topological polar surface area (TPSA) is 108 Å². The summed E-state index contributed by atoms with van der Waals surface area (Å²) in [6, 6.07) is 14.0. The van der Waals surface area contributed by atoms with Gasteiger partial charge in [0.25, 0.3) is 0 Å². The lowest BCUT2D eigenvalue weighted by atomic mass is 9.65. The molecule has 3 aliphatic heterocycles. The van der Waals surface area contributed by atoms with Gasteiger partial charge in [0.05, 0.1) is 30.1 Å². The van der Waals surface area contributed by atoms with Crippen LogP contribution >= 0.6 is 0 Å². The number of rotatable bonds is 10. The van der Waals surface area contributed by atoms with Crippen molar-refractivity contribution in [2.75, 3.05) is 11.9 Å². The number of amides is 3. The number of hydrogen-bond acceptors (Lipinski definition) is 5. The lowest BCUT2D eigenvalue weighted by molar-refractivity contribution is -0.149. The zero-order chi connectivity index (χ0) is 29.5. The van der Waals surface area contributed by atoms with E-state index in [4.69, 9.17) is 4.74 Å². The molecule has 6 atom stereocenters. The molecule has 41 heavy (non-hydrogen) atoms. The molecule has 8 nitrogen and oxygen atoms in total. The summed E-state index contributed by atoms with van der Waals surface area (Å²) in [7, 11) is 0. The molecule has 1 spiro atoms. The van der Waals surface area contributed by atoms with Crippen molar-refractivity contribution in [1.82, 2.24) is 10.2 Å². The third kappa shape index (κ3) is 4.85. The highest BCUT2D eigenvalue weighted by Crippen LogP contribution is 2.64. The lowest BCUT2D eigenvalue weighted by Gasteiger charge is -2.38. The fourth-order valence-electron chi connectivity index (χ4n) is 7.67. The number of hydrogen-bond donors (Lipinski definition) is 3. The number of ether oxygens (including phenoxy) is 1. The van der Waals surface area contributed by atoms with Crippen molar-refractivity contribution < 1.29 is 24.2 Å². The van der Waals surface area contributed by atoms with Gasteiger partial charge in [0.15, 0.2) is 0 Å². The monoisotopic (exact) mass is 561 g/mol. The summed E-state index contributed by atoms with van der Waals surface area (Å²) in [5.41, 5.74) is 1.55. The summed E-state index contributed by atoms with van der Waals surface area (Å²) in [6.45, 7) is 9.99. The van der Waals surface area contributed by atoms with Gasteiger partial charge in [0.1, 0.15) is 11.6 Å². The van der Waals surface area contributed by atoms with Crippen molar-refractivity contribution in [3.8, 4) is 0 Å². The first-order chi connectivity index (χ1) is 19.6. The highest BCUT2D eigenvalue weighted by Gasteiger charge is 2.79. The predicted molar refractivity (Wildman–Crippen MR) is 157 cm³/mol.